The second kappa shape index (κ2) is 5.90. The number of hydrogen-bond acceptors (Lipinski definition) is 1. The number of ether oxygens (including phenoxy) is 1. The van der Waals surface area contributed by atoms with Gasteiger partial charge in [0.25, 0.3) is 0 Å². The first-order valence-electron chi connectivity index (χ1n) is 5.75. The van der Waals surface area contributed by atoms with Crippen LogP contribution in [-0.4, -0.2) is 6.61 Å². The van der Waals surface area contributed by atoms with Gasteiger partial charge >= 0.3 is 0 Å². The Bertz CT molecular complexity index is 474. The van der Waals surface area contributed by atoms with Gasteiger partial charge in [-0.05, 0) is 17.2 Å². The number of hydrogen-bond donors (Lipinski definition) is 0. The van der Waals surface area contributed by atoms with Crippen molar-refractivity contribution in [2.75, 3.05) is 6.61 Å². The van der Waals surface area contributed by atoms with Crippen molar-refractivity contribution in [1.29, 1.82) is 0 Å². The molecular formula is C16H16O. The third-order valence-electron chi connectivity index (χ3n) is 2.57. The predicted molar refractivity (Wildman–Crippen MR) is 71.4 cm³/mol. The fourth-order valence-corrected chi connectivity index (χ4v) is 1.76. The lowest BCUT2D eigenvalue weighted by Gasteiger charge is -2.09. The third kappa shape index (κ3) is 3.22. The Labute approximate surface area is 102 Å². The van der Waals surface area contributed by atoms with Gasteiger partial charge < -0.3 is 4.74 Å². The maximum atomic E-state index is 5.64. The largest absolute Gasteiger partial charge is 0.489 e. The van der Waals surface area contributed by atoms with E-state index in [0.29, 0.717) is 6.61 Å². The van der Waals surface area contributed by atoms with Crippen molar-refractivity contribution in [2.24, 2.45) is 0 Å². The third-order valence-corrected chi connectivity index (χ3v) is 2.57. The van der Waals surface area contributed by atoms with Gasteiger partial charge in [0.2, 0.25) is 0 Å². The minimum Gasteiger partial charge on any atom is -0.489 e. The Morgan fingerprint density at radius 2 is 1.65 bits per heavy atom. The van der Waals surface area contributed by atoms with Crippen LogP contribution in [-0.2, 0) is 6.42 Å². The average molecular weight is 224 g/mol. The molecule has 0 atom stereocenters. The standard InChI is InChI=1S/C16H16O/c1-2-12-17-16-11-7-6-10-15(16)13-14-8-4-3-5-9-14/h2-11H,1,12-13H2. The van der Waals surface area contributed by atoms with Crippen molar-refractivity contribution in [1.82, 2.24) is 0 Å². The molecule has 1 nitrogen and oxygen atoms in total. The highest BCUT2D eigenvalue weighted by molar-refractivity contribution is 5.37. The molecule has 2 rings (SSSR count). The van der Waals surface area contributed by atoms with Gasteiger partial charge in [0.1, 0.15) is 12.4 Å². The van der Waals surface area contributed by atoms with Crippen LogP contribution in [0, 0.1) is 0 Å². The summed E-state index contributed by atoms with van der Waals surface area (Å²) in [5, 5.41) is 0. The van der Waals surface area contributed by atoms with Crippen LogP contribution in [0.1, 0.15) is 11.1 Å². The molecule has 0 bridgehead atoms. The molecule has 2 aromatic rings. The SMILES string of the molecule is C=CCOc1ccccc1Cc1ccccc1. The van der Waals surface area contributed by atoms with Gasteiger partial charge in [-0.15, -0.1) is 0 Å². The number of rotatable bonds is 5. The molecule has 0 aliphatic heterocycles. The van der Waals surface area contributed by atoms with E-state index in [1.807, 2.05) is 24.3 Å². The van der Waals surface area contributed by atoms with Gasteiger partial charge in [-0.2, -0.15) is 0 Å². The molecule has 0 heterocycles. The normalized spacial score (nSPS) is 9.88. The predicted octanol–water partition coefficient (Wildman–Crippen LogP) is 3.84. The number of para-hydroxylation sites is 1. The maximum Gasteiger partial charge on any atom is 0.123 e. The van der Waals surface area contributed by atoms with Gasteiger partial charge in [0.05, 0.1) is 0 Å². The van der Waals surface area contributed by atoms with E-state index >= 15 is 0 Å². The molecule has 0 fully saturated rings. The minimum atomic E-state index is 0.547. The van der Waals surface area contributed by atoms with Gasteiger partial charge in [-0.1, -0.05) is 61.2 Å². The average Bonchev–Trinajstić information content (AvgIpc) is 2.39. The highest BCUT2D eigenvalue weighted by Gasteiger charge is 2.02. The van der Waals surface area contributed by atoms with Gasteiger partial charge in [-0.25, -0.2) is 0 Å². The molecule has 0 unspecified atom stereocenters. The molecule has 86 valence electrons. The van der Waals surface area contributed by atoms with Crippen molar-refractivity contribution >= 4 is 0 Å². The van der Waals surface area contributed by atoms with Gasteiger partial charge in [0.15, 0.2) is 0 Å². The molecule has 0 aromatic heterocycles. The van der Waals surface area contributed by atoms with Crippen LogP contribution in [0.4, 0.5) is 0 Å². The Balaban J connectivity index is 2.17. The second-order valence-electron chi connectivity index (χ2n) is 3.87. The molecule has 0 spiro atoms. The van der Waals surface area contributed by atoms with Crippen molar-refractivity contribution in [3.05, 3.63) is 78.4 Å². The summed E-state index contributed by atoms with van der Waals surface area (Å²) in [6.07, 6.45) is 2.66. The lowest BCUT2D eigenvalue weighted by molar-refractivity contribution is 0.360. The van der Waals surface area contributed by atoms with E-state index < -0.39 is 0 Å². The Kier molecular flexibility index (Phi) is 3.98. The van der Waals surface area contributed by atoms with Gasteiger partial charge in [0, 0.05) is 6.42 Å². The Hall–Kier alpha value is -2.02. The first kappa shape index (κ1) is 11.5. The summed E-state index contributed by atoms with van der Waals surface area (Å²) in [6, 6.07) is 18.5. The van der Waals surface area contributed by atoms with E-state index in [0.717, 1.165) is 12.2 Å². The molecule has 0 N–H and O–H groups in total. The van der Waals surface area contributed by atoms with Crippen molar-refractivity contribution in [3.8, 4) is 5.75 Å². The fourth-order valence-electron chi connectivity index (χ4n) is 1.76. The summed E-state index contributed by atoms with van der Waals surface area (Å²) < 4.78 is 5.64. The topological polar surface area (TPSA) is 9.23 Å². The molecule has 2 aromatic carbocycles. The summed E-state index contributed by atoms with van der Waals surface area (Å²) in [4.78, 5) is 0. The van der Waals surface area contributed by atoms with Crippen LogP contribution in [0.3, 0.4) is 0 Å². The molecule has 17 heavy (non-hydrogen) atoms. The second-order valence-corrected chi connectivity index (χ2v) is 3.87. The van der Waals surface area contributed by atoms with E-state index in [9.17, 15) is 0 Å². The molecule has 0 aliphatic rings. The molecular weight excluding hydrogens is 208 g/mol. The van der Waals surface area contributed by atoms with Crippen LogP contribution in [0.25, 0.3) is 0 Å². The molecule has 0 amide bonds. The molecule has 1 heteroatoms. The highest BCUT2D eigenvalue weighted by Crippen LogP contribution is 2.21. The lowest BCUT2D eigenvalue weighted by atomic mass is 10.0. The zero-order chi connectivity index (χ0) is 11.9. The minimum absolute atomic E-state index is 0.547. The highest BCUT2D eigenvalue weighted by atomic mass is 16.5. The quantitative estimate of drug-likeness (QED) is 0.701. The zero-order valence-electron chi connectivity index (χ0n) is 9.80. The summed E-state index contributed by atoms with van der Waals surface area (Å²) in [7, 11) is 0. The maximum absolute atomic E-state index is 5.64. The van der Waals surface area contributed by atoms with E-state index in [1.54, 1.807) is 6.08 Å². The van der Waals surface area contributed by atoms with Crippen LogP contribution in [0.5, 0.6) is 5.75 Å². The van der Waals surface area contributed by atoms with Crippen molar-refractivity contribution in [3.63, 3.8) is 0 Å². The van der Waals surface area contributed by atoms with Crippen LogP contribution in [0.2, 0.25) is 0 Å². The van der Waals surface area contributed by atoms with Crippen LogP contribution < -0.4 is 4.74 Å². The first-order chi connectivity index (χ1) is 8.40. The van der Waals surface area contributed by atoms with Crippen LogP contribution >= 0.6 is 0 Å². The smallest absolute Gasteiger partial charge is 0.123 e. The molecule has 0 saturated carbocycles. The monoisotopic (exact) mass is 224 g/mol. The molecule has 0 aliphatic carbocycles. The first-order valence-corrected chi connectivity index (χ1v) is 5.75. The van der Waals surface area contributed by atoms with E-state index in [-0.39, 0.29) is 0 Å². The summed E-state index contributed by atoms with van der Waals surface area (Å²) in [5.74, 6) is 0.941. The van der Waals surface area contributed by atoms with Gasteiger partial charge in [-0.3, -0.25) is 0 Å². The Morgan fingerprint density at radius 1 is 0.941 bits per heavy atom. The molecule has 0 radical (unpaired) electrons. The fraction of sp³-hybridized carbons (Fsp3) is 0.125. The van der Waals surface area contributed by atoms with E-state index in [4.69, 9.17) is 4.74 Å². The van der Waals surface area contributed by atoms with Crippen molar-refractivity contribution in [2.45, 2.75) is 6.42 Å². The van der Waals surface area contributed by atoms with Crippen molar-refractivity contribution < 1.29 is 4.74 Å². The lowest BCUT2D eigenvalue weighted by Crippen LogP contribution is -1.98. The number of benzene rings is 2. The summed E-state index contributed by atoms with van der Waals surface area (Å²) >= 11 is 0. The van der Waals surface area contributed by atoms with Crippen LogP contribution in [0.15, 0.2) is 67.3 Å². The molecule has 0 saturated heterocycles. The van der Waals surface area contributed by atoms with E-state index in [1.165, 1.54) is 11.1 Å². The van der Waals surface area contributed by atoms with E-state index in [2.05, 4.69) is 36.9 Å². The Morgan fingerprint density at radius 3 is 2.41 bits per heavy atom. The summed E-state index contributed by atoms with van der Waals surface area (Å²) in [6.45, 7) is 4.21. The summed E-state index contributed by atoms with van der Waals surface area (Å²) in [5.41, 5.74) is 2.50. The zero-order valence-corrected chi connectivity index (χ0v) is 9.80.